The first-order valence-corrected chi connectivity index (χ1v) is 7.49. The Morgan fingerprint density at radius 1 is 1.35 bits per heavy atom. The van der Waals surface area contributed by atoms with Crippen molar-refractivity contribution in [1.82, 2.24) is 14.5 Å². The van der Waals surface area contributed by atoms with Gasteiger partial charge in [0.05, 0.1) is 17.5 Å². The van der Waals surface area contributed by atoms with Crippen LogP contribution in [0.5, 0.6) is 0 Å². The van der Waals surface area contributed by atoms with Crippen molar-refractivity contribution in [3.8, 4) is 0 Å². The Balaban J connectivity index is 2.32. The molecular formula is C16H21N3O4. The number of imidazole rings is 1. The Morgan fingerprint density at radius 2 is 2.04 bits per heavy atom. The minimum atomic E-state index is -0.935. The molecule has 0 aliphatic heterocycles. The smallest absolute Gasteiger partial charge is 0.326 e. The van der Waals surface area contributed by atoms with Crippen molar-refractivity contribution in [2.75, 3.05) is 13.1 Å². The van der Waals surface area contributed by atoms with Crippen LogP contribution in [0, 0.1) is 5.92 Å². The molecule has 0 aliphatic rings. The number of aryl methyl sites for hydroxylation is 1. The van der Waals surface area contributed by atoms with Crippen LogP contribution in [0.3, 0.4) is 0 Å². The summed E-state index contributed by atoms with van der Waals surface area (Å²) in [7, 11) is 1.63. The molecule has 0 spiro atoms. The van der Waals surface area contributed by atoms with E-state index in [1.807, 2.05) is 13.8 Å². The summed E-state index contributed by atoms with van der Waals surface area (Å²) in [5.74, 6) is -0.932. The first-order chi connectivity index (χ1) is 10.8. The summed E-state index contributed by atoms with van der Waals surface area (Å²) >= 11 is 0. The van der Waals surface area contributed by atoms with Gasteiger partial charge in [0.15, 0.2) is 0 Å². The summed E-state index contributed by atoms with van der Waals surface area (Å²) in [5.41, 5.74) is 1.51. The fourth-order valence-electron chi connectivity index (χ4n) is 2.49. The van der Waals surface area contributed by atoms with Gasteiger partial charge in [-0.15, -0.1) is 0 Å². The summed E-state index contributed by atoms with van der Waals surface area (Å²) in [6.07, 6.45) is -0.0939. The minimum Gasteiger partial charge on any atom is -0.481 e. The van der Waals surface area contributed by atoms with Gasteiger partial charge in [-0.1, -0.05) is 13.8 Å². The van der Waals surface area contributed by atoms with E-state index in [9.17, 15) is 14.4 Å². The molecule has 124 valence electrons. The first-order valence-electron chi connectivity index (χ1n) is 7.49. The number of hydrogen-bond donors (Lipinski definition) is 2. The molecule has 0 unspecified atom stereocenters. The number of fused-ring (bicyclic) bond motifs is 1. The van der Waals surface area contributed by atoms with E-state index in [-0.39, 0.29) is 30.5 Å². The lowest BCUT2D eigenvalue weighted by Gasteiger charge is -2.24. The highest BCUT2D eigenvalue weighted by atomic mass is 16.4. The SMILES string of the molecule is CC(C)CN(CCC(=O)O)C(=O)c1ccc2[nH]c(=O)n(C)c2c1. The Labute approximate surface area is 133 Å². The third-order valence-corrected chi connectivity index (χ3v) is 3.62. The molecular weight excluding hydrogens is 298 g/mol. The van der Waals surface area contributed by atoms with Gasteiger partial charge in [0.25, 0.3) is 5.91 Å². The Kier molecular flexibility index (Phi) is 4.88. The highest BCUT2D eigenvalue weighted by molar-refractivity contribution is 5.97. The second-order valence-electron chi connectivity index (χ2n) is 6.01. The molecule has 1 aromatic heterocycles. The second-order valence-corrected chi connectivity index (χ2v) is 6.01. The average molecular weight is 319 g/mol. The van der Waals surface area contributed by atoms with E-state index in [4.69, 9.17) is 5.11 Å². The van der Waals surface area contributed by atoms with Gasteiger partial charge in [0, 0.05) is 25.7 Å². The number of aromatic amines is 1. The lowest BCUT2D eigenvalue weighted by molar-refractivity contribution is -0.137. The zero-order valence-electron chi connectivity index (χ0n) is 13.5. The Bertz CT molecular complexity index is 788. The summed E-state index contributed by atoms with van der Waals surface area (Å²) in [5, 5.41) is 8.85. The van der Waals surface area contributed by atoms with E-state index >= 15 is 0 Å². The van der Waals surface area contributed by atoms with Crippen molar-refractivity contribution < 1.29 is 14.7 Å². The Morgan fingerprint density at radius 3 is 2.65 bits per heavy atom. The molecule has 0 bridgehead atoms. The number of carbonyl (C=O) groups is 2. The maximum absolute atomic E-state index is 12.7. The predicted octanol–water partition coefficient (Wildman–Crippen LogP) is 1.44. The molecule has 0 radical (unpaired) electrons. The highest BCUT2D eigenvalue weighted by Crippen LogP contribution is 2.15. The predicted molar refractivity (Wildman–Crippen MR) is 86.5 cm³/mol. The molecule has 1 heterocycles. The fraction of sp³-hybridized carbons (Fsp3) is 0.438. The van der Waals surface area contributed by atoms with Gasteiger partial charge in [-0.05, 0) is 24.1 Å². The van der Waals surface area contributed by atoms with Gasteiger partial charge in [-0.3, -0.25) is 14.2 Å². The van der Waals surface area contributed by atoms with Crippen LogP contribution < -0.4 is 5.69 Å². The number of aliphatic carboxylic acids is 1. The highest BCUT2D eigenvalue weighted by Gasteiger charge is 2.19. The monoisotopic (exact) mass is 319 g/mol. The molecule has 0 aliphatic carbocycles. The molecule has 2 N–H and O–H groups in total. The van der Waals surface area contributed by atoms with Crippen LogP contribution in [0.1, 0.15) is 30.6 Å². The van der Waals surface area contributed by atoms with Gasteiger partial charge < -0.3 is 15.0 Å². The Hall–Kier alpha value is -2.57. The molecule has 0 saturated heterocycles. The van der Waals surface area contributed by atoms with Gasteiger partial charge >= 0.3 is 11.7 Å². The van der Waals surface area contributed by atoms with Crippen molar-refractivity contribution in [1.29, 1.82) is 0 Å². The van der Waals surface area contributed by atoms with Crippen LogP contribution >= 0.6 is 0 Å². The maximum Gasteiger partial charge on any atom is 0.326 e. The molecule has 2 aromatic rings. The number of aromatic nitrogens is 2. The van der Waals surface area contributed by atoms with Crippen molar-refractivity contribution in [2.45, 2.75) is 20.3 Å². The summed E-state index contributed by atoms with van der Waals surface area (Å²) in [6, 6.07) is 4.99. The number of carbonyl (C=O) groups excluding carboxylic acids is 1. The standard InChI is InChI=1S/C16H21N3O4/c1-10(2)9-19(7-6-14(20)21)15(22)11-4-5-12-13(8-11)18(3)16(23)17-12/h4-5,8,10H,6-7,9H2,1-3H3,(H,17,23)(H,20,21). The van der Waals surface area contributed by atoms with Crippen LogP contribution in [-0.2, 0) is 11.8 Å². The molecule has 0 saturated carbocycles. The molecule has 2 rings (SSSR count). The average Bonchev–Trinajstić information content (AvgIpc) is 2.77. The molecule has 0 atom stereocenters. The number of H-pyrrole nitrogens is 1. The number of hydrogen-bond acceptors (Lipinski definition) is 3. The van der Waals surface area contributed by atoms with Gasteiger partial charge in [-0.25, -0.2) is 4.79 Å². The summed E-state index contributed by atoms with van der Waals surface area (Å²) < 4.78 is 1.44. The van der Waals surface area contributed by atoms with Gasteiger partial charge in [0.2, 0.25) is 0 Å². The maximum atomic E-state index is 12.7. The number of benzene rings is 1. The van der Waals surface area contributed by atoms with Crippen LogP contribution in [0.4, 0.5) is 0 Å². The lowest BCUT2D eigenvalue weighted by Crippen LogP contribution is -2.36. The van der Waals surface area contributed by atoms with E-state index in [0.717, 1.165) is 0 Å². The van der Waals surface area contributed by atoms with Crippen LogP contribution in [0.2, 0.25) is 0 Å². The number of nitrogens with one attached hydrogen (secondary N) is 1. The largest absolute Gasteiger partial charge is 0.481 e. The topological polar surface area (TPSA) is 95.4 Å². The summed E-state index contributed by atoms with van der Waals surface area (Å²) in [4.78, 5) is 39.3. The normalized spacial score (nSPS) is 11.1. The van der Waals surface area contributed by atoms with Crippen molar-refractivity contribution >= 4 is 22.9 Å². The van der Waals surface area contributed by atoms with Crippen LogP contribution in [-0.4, -0.2) is 44.5 Å². The number of carboxylic acid groups (broad SMARTS) is 1. The lowest BCUT2D eigenvalue weighted by atomic mass is 10.1. The second kappa shape index (κ2) is 6.68. The zero-order valence-corrected chi connectivity index (χ0v) is 13.5. The quantitative estimate of drug-likeness (QED) is 0.842. The number of nitrogens with zero attached hydrogens (tertiary/aromatic N) is 2. The third kappa shape index (κ3) is 3.80. The molecule has 7 heteroatoms. The number of rotatable bonds is 6. The molecule has 1 aromatic carbocycles. The van der Waals surface area contributed by atoms with Crippen molar-refractivity contribution in [3.63, 3.8) is 0 Å². The van der Waals surface area contributed by atoms with Crippen LogP contribution in [0.25, 0.3) is 11.0 Å². The third-order valence-electron chi connectivity index (χ3n) is 3.62. The summed E-state index contributed by atoms with van der Waals surface area (Å²) in [6.45, 7) is 4.59. The zero-order chi connectivity index (χ0) is 17.1. The number of amides is 1. The van der Waals surface area contributed by atoms with E-state index in [1.165, 1.54) is 4.57 Å². The van der Waals surface area contributed by atoms with Crippen LogP contribution in [0.15, 0.2) is 23.0 Å². The molecule has 0 fully saturated rings. The van der Waals surface area contributed by atoms with Crippen molar-refractivity contribution in [3.05, 3.63) is 34.2 Å². The first kappa shape index (κ1) is 16.8. The number of carboxylic acids is 1. The minimum absolute atomic E-state index is 0.0939. The van der Waals surface area contributed by atoms with E-state index in [1.54, 1.807) is 30.1 Å². The van der Waals surface area contributed by atoms with E-state index in [0.29, 0.717) is 23.1 Å². The van der Waals surface area contributed by atoms with Gasteiger partial charge in [-0.2, -0.15) is 0 Å². The van der Waals surface area contributed by atoms with Crippen molar-refractivity contribution in [2.24, 2.45) is 13.0 Å². The van der Waals surface area contributed by atoms with E-state index < -0.39 is 5.97 Å². The fourth-order valence-corrected chi connectivity index (χ4v) is 2.49. The molecule has 23 heavy (non-hydrogen) atoms. The molecule has 7 nitrogen and oxygen atoms in total. The van der Waals surface area contributed by atoms with Gasteiger partial charge in [0.1, 0.15) is 0 Å². The van der Waals surface area contributed by atoms with E-state index in [2.05, 4.69) is 4.98 Å². The molecule has 1 amide bonds.